The standard InChI is InChI=1S/C14H17N5O/c1-10-12(19-8-4-3-5-13(19)16-10)9-15-7-6-14-17-11(2)18-20-14/h3-5,8,15H,6-7,9H2,1-2H3. The molecule has 0 aliphatic carbocycles. The van der Waals surface area contributed by atoms with Crippen LogP contribution in [0.1, 0.15) is 23.1 Å². The van der Waals surface area contributed by atoms with Gasteiger partial charge >= 0.3 is 0 Å². The summed E-state index contributed by atoms with van der Waals surface area (Å²) in [5.41, 5.74) is 3.22. The topological polar surface area (TPSA) is 68.2 Å². The van der Waals surface area contributed by atoms with E-state index >= 15 is 0 Å². The molecular weight excluding hydrogens is 254 g/mol. The molecule has 3 heterocycles. The van der Waals surface area contributed by atoms with Crippen molar-refractivity contribution in [3.63, 3.8) is 0 Å². The number of fused-ring (bicyclic) bond motifs is 1. The summed E-state index contributed by atoms with van der Waals surface area (Å²) in [5.74, 6) is 1.35. The monoisotopic (exact) mass is 271 g/mol. The average molecular weight is 271 g/mol. The Morgan fingerprint density at radius 3 is 2.95 bits per heavy atom. The van der Waals surface area contributed by atoms with Gasteiger partial charge in [-0.05, 0) is 26.0 Å². The van der Waals surface area contributed by atoms with E-state index in [9.17, 15) is 0 Å². The minimum atomic E-state index is 0.671. The molecule has 0 unspecified atom stereocenters. The van der Waals surface area contributed by atoms with E-state index in [-0.39, 0.29) is 0 Å². The molecule has 0 aliphatic heterocycles. The Kier molecular flexibility index (Phi) is 3.47. The van der Waals surface area contributed by atoms with Gasteiger partial charge in [-0.15, -0.1) is 0 Å². The summed E-state index contributed by atoms with van der Waals surface area (Å²) in [7, 11) is 0. The largest absolute Gasteiger partial charge is 0.339 e. The zero-order chi connectivity index (χ0) is 13.9. The number of nitrogens with one attached hydrogen (secondary N) is 1. The van der Waals surface area contributed by atoms with Crippen LogP contribution in [0.5, 0.6) is 0 Å². The maximum atomic E-state index is 5.08. The maximum absolute atomic E-state index is 5.08. The van der Waals surface area contributed by atoms with Crippen LogP contribution in [0, 0.1) is 13.8 Å². The molecule has 0 fully saturated rings. The number of aromatic nitrogens is 4. The Balaban J connectivity index is 1.61. The van der Waals surface area contributed by atoms with Gasteiger partial charge < -0.3 is 14.2 Å². The average Bonchev–Trinajstić information content (AvgIpc) is 2.98. The Hall–Kier alpha value is -2.21. The molecular formula is C14H17N5O. The second-order valence-corrected chi connectivity index (χ2v) is 4.73. The lowest BCUT2D eigenvalue weighted by Gasteiger charge is -2.04. The van der Waals surface area contributed by atoms with Gasteiger partial charge in [0, 0.05) is 25.7 Å². The second-order valence-electron chi connectivity index (χ2n) is 4.73. The van der Waals surface area contributed by atoms with Crippen LogP contribution in [-0.2, 0) is 13.0 Å². The number of hydrogen-bond donors (Lipinski definition) is 1. The lowest BCUT2D eigenvalue weighted by molar-refractivity contribution is 0.372. The van der Waals surface area contributed by atoms with E-state index in [0.29, 0.717) is 11.7 Å². The summed E-state index contributed by atoms with van der Waals surface area (Å²) < 4.78 is 7.19. The zero-order valence-corrected chi connectivity index (χ0v) is 11.6. The van der Waals surface area contributed by atoms with Crippen LogP contribution in [0.3, 0.4) is 0 Å². The van der Waals surface area contributed by atoms with E-state index in [1.807, 2.05) is 38.2 Å². The van der Waals surface area contributed by atoms with E-state index in [2.05, 4.69) is 24.8 Å². The van der Waals surface area contributed by atoms with Gasteiger partial charge in [-0.1, -0.05) is 11.2 Å². The summed E-state index contributed by atoms with van der Waals surface area (Å²) in [6, 6.07) is 6.02. The molecule has 0 aromatic carbocycles. The van der Waals surface area contributed by atoms with Crippen molar-refractivity contribution in [1.29, 1.82) is 0 Å². The van der Waals surface area contributed by atoms with Crippen molar-refractivity contribution < 1.29 is 4.52 Å². The van der Waals surface area contributed by atoms with Crippen molar-refractivity contribution in [3.05, 3.63) is 47.5 Å². The molecule has 104 valence electrons. The summed E-state index contributed by atoms with van der Waals surface area (Å²) in [6.07, 6.45) is 2.77. The summed E-state index contributed by atoms with van der Waals surface area (Å²) >= 11 is 0. The molecule has 0 amide bonds. The summed E-state index contributed by atoms with van der Waals surface area (Å²) in [5, 5.41) is 7.16. The lowest BCUT2D eigenvalue weighted by Crippen LogP contribution is -2.18. The van der Waals surface area contributed by atoms with Crippen LogP contribution < -0.4 is 5.32 Å². The van der Waals surface area contributed by atoms with Gasteiger partial charge in [0.15, 0.2) is 5.82 Å². The second kappa shape index (κ2) is 5.42. The van der Waals surface area contributed by atoms with Gasteiger partial charge in [-0.2, -0.15) is 4.98 Å². The van der Waals surface area contributed by atoms with Crippen LogP contribution >= 0.6 is 0 Å². The molecule has 0 radical (unpaired) electrons. The van der Waals surface area contributed by atoms with E-state index in [1.54, 1.807) is 0 Å². The summed E-state index contributed by atoms with van der Waals surface area (Å²) in [6.45, 7) is 5.42. The molecule has 3 rings (SSSR count). The molecule has 6 heteroatoms. The fraction of sp³-hybridized carbons (Fsp3) is 0.357. The molecule has 0 saturated carbocycles. The van der Waals surface area contributed by atoms with Crippen molar-refractivity contribution >= 4 is 5.65 Å². The fourth-order valence-corrected chi connectivity index (χ4v) is 2.22. The van der Waals surface area contributed by atoms with Crippen molar-refractivity contribution in [2.75, 3.05) is 6.54 Å². The van der Waals surface area contributed by atoms with Crippen LogP contribution in [0.4, 0.5) is 0 Å². The third-order valence-corrected chi connectivity index (χ3v) is 3.21. The molecule has 0 aliphatic rings. The molecule has 6 nitrogen and oxygen atoms in total. The molecule has 20 heavy (non-hydrogen) atoms. The van der Waals surface area contributed by atoms with Crippen LogP contribution in [0.25, 0.3) is 5.65 Å². The normalized spacial score (nSPS) is 11.3. The van der Waals surface area contributed by atoms with Crippen molar-refractivity contribution in [2.45, 2.75) is 26.8 Å². The van der Waals surface area contributed by atoms with Crippen LogP contribution in [0.15, 0.2) is 28.9 Å². The highest BCUT2D eigenvalue weighted by Gasteiger charge is 2.08. The number of rotatable bonds is 5. The maximum Gasteiger partial charge on any atom is 0.227 e. The lowest BCUT2D eigenvalue weighted by atomic mass is 10.3. The van der Waals surface area contributed by atoms with Gasteiger partial charge in [-0.25, -0.2) is 4.98 Å². The van der Waals surface area contributed by atoms with Crippen LogP contribution in [0.2, 0.25) is 0 Å². The number of nitrogens with zero attached hydrogens (tertiary/aromatic N) is 4. The Morgan fingerprint density at radius 1 is 1.25 bits per heavy atom. The number of imidazole rings is 1. The number of pyridine rings is 1. The highest BCUT2D eigenvalue weighted by Crippen LogP contribution is 2.11. The zero-order valence-electron chi connectivity index (χ0n) is 11.6. The van der Waals surface area contributed by atoms with Gasteiger partial charge in [0.1, 0.15) is 5.65 Å². The SMILES string of the molecule is Cc1noc(CCNCc2c(C)nc3ccccn23)n1. The molecule has 0 atom stereocenters. The highest BCUT2D eigenvalue weighted by atomic mass is 16.5. The third-order valence-electron chi connectivity index (χ3n) is 3.21. The predicted molar refractivity (Wildman–Crippen MR) is 74.4 cm³/mol. The van der Waals surface area contributed by atoms with Gasteiger partial charge in [0.2, 0.25) is 5.89 Å². The Labute approximate surface area is 116 Å². The Bertz CT molecular complexity index is 715. The first-order valence-corrected chi connectivity index (χ1v) is 6.66. The van der Waals surface area contributed by atoms with Gasteiger partial charge in [0.05, 0.1) is 11.4 Å². The smallest absolute Gasteiger partial charge is 0.227 e. The molecule has 0 bridgehead atoms. The van der Waals surface area contributed by atoms with Gasteiger partial charge in [-0.3, -0.25) is 0 Å². The van der Waals surface area contributed by atoms with Crippen molar-refractivity contribution in [1.82, 2.24) is 24.8 Å². The number of hydrogen-bond acceptors (Lipinski definition) is 5. The minimum absolute atomic E-state index is 0.671. The Morgan fingerprint density at radius 2 is 2.15 bits per heavy atom. The molecule has 3 aromatic heterocycles. The van der Waals surface area contributed by atoms with E-state index < -0.39 is 0 Å². The molecule has 0 spiro atoms. The van der Waals surface area contributed by atoms with Gasteiger partial charge in [0.25, 0.3) is 0 Å². The quantitative estimate of drug-likeness (QED) is 0.715. The predicted octanol–water partition coefficient (Wildman–Crippen LogP) is 1.67. The van der Waals surface area contributed by atoms with E-state index in [1.165, 1.54) is 5.69 Å². The first-order valence-electron chi connectivity index (χ1n) is 6.66. The molecule has 3 aromatic rings. The minimum Gasteiger partial charge on any atom is -0.339 e. The van der Waals surface area contributed by atoms with Crippen LogP contribution in [-0.4, -0.2) is 26.1 Å². The summed E-state index contributed by atoms with van der Waals surface area (Å²) in [4.78, 5) is 8.71. The number of aryl methyl sites for hydroxylation is 2. The van der Waals surface area contributed by atoms with E-state index in [0.717, 1.165) is 30.9 Å². The molecule has 0 saturated heterocycles. The highest BCUT2D eigenvalue weighted by molar-refractivity contribution is 5.42. The van der Waals surface area contributed by atoms with Crippen molar-refractivity contribution in [2.24, 2.45) is 0 Å². The van der Waals surface area contributed by atoms with Crippen molar-refractivity contribution in [3.8, 4) is 0 Å². The molecule has 1 N–H and O–H groups in total. The first kappa shape index (κ1) is 12.8. The third kappa shape index (κ3) is 2.55. The fourth-order valence-electron chi connectivity index (χ4n) is 2.22. The first-order chi connectivity index (χ1) is 9.74. The van der Waals surface area contributed by atoms with E-state index in [4.69, 9.17) is 4.52 Å².